The minimum atomic E-state index is -0.593. The van der Waals surface area contributed by atoms with Gasteiger partial charge < -0.3 is 24.0 Å². The molecular weight excluding hydrogens is 657 g/mol. The minimum absolute atomic E-state index is 0.105. The Bertz CT molecular complexity index is 1990. The fourth-order valence-electron chi connectivity index (χ4n) is 7.79. The van der Waals surface area contributed by atoms with Crippen molar-refractivity contribution >= 4 is 28.4 Å². The second-order valence-electron chi connectivity index (χ2n) is 16.0. The Balaban J connectivity index is 1.19. The molecule has 3 fully saturated rings. The molecule has 0 spiro atoms. The Morgan fingerprint density at radius 2 is 1.73 bits per heavy atom. The topological polar surface area (TPSA) is 87.0 Å². The molecule has 3 aromatic heterocycles. The van der Waals surface area contributed by atoms with Crippen molar-refractivity contribution in [3.05, 3.63) is 93.5 Å². The summed E-state index contributed by atoms with van der Waals surface area (Å²) >= 11 is 0. The van der Waals surface area contributed by atoms with Gasteiger partial charge in [0.1, 0.15) is 11.4 Å². The average Bonchev–Trinajstić information content (AvgIpc) is 3.84. The number of fused-ring (bicyclic) bond motifs is 1. The number of halogens is 1. The molecule has 2 saturated heterocycles. The summed E-state index contributed by atoms with van der Waals surface area (Å²) in [5, 5.41) is 0.419. The molecule has 4 aromatic rings. The highest BCUT2D eigenvalue weighted by Gasteiger charge is 2.34. The number of aromatic nitrogens is 3. The number of anilines is 2. The van der Waals surface area contributed by atoms with E-state index in [2.05, 4.69) is 48.6 Å². The number of piperidine rings is 1. The highest BCUT2D eigenvalue weighted by molar-refractivity contribution is 5.84. The molecule has 2 aliphatic heterocycles. The summed E-state index contributed by atoms with van der Waals surface area (Å²) in [6.07, 6.45) is 10.3. The van der Waals surface area contributed by atoms with E-state index in [-0.39, 0.29) is 29.6 Å². The van der Waals surface area contributed by atoms with Gasteiger partial charge in [-0.3, -0.25) is 19.7 Å². The van der Waals surface area contributed by atoms with E-state index in [1.807, 2.05) is 64.2 Å². The minimum Gasteiger partial charge on any atom is -0.444 e. The van der Waals surface area contributed by atoms with Gasteiger partial charge in [0.25, 0.3) is 0 Å². The largest absolute Gasteiger partial charge is 0.444 e. The molecule has 1 amide bonds. The molecule has 276 valence electrons. The lowest BCUT2D eigenvalue weighted by Gasteiger charge is -2.40. The Labute approximate surface area is 306 Å². The maximum Gasteiger partial charge on any atom is 0.410 e. The number of aryl methyl sites for hydroxylation is 2. The molecule has 2 atom stereocenters. The van der Waals surface area contributed by atoms with Gasteiger partial charge in [0.15, 0.2) is 5.43 Å². The van der Waals surface area contributed by atoms with Gasteiger partial charge in [-0.15, -0.1) is 0 Å². The summed E-state index contributed by atoms with van der Waals surface area (Å²) in [6.45, 7) is 13.6. The molecule has 1 saturated carbocycles. The van der Waals surface area contributed by atoms with E-state index in [0.29, 0.717) is 49.2 Å². The molecule has 5 heterocycles. The number of ether oxygens (including phenoxy) is 1. The summed E-state index contributed by atoms with van der Waals surface area (Å²) in [7, 11) is 1.75. The average molecular weight is 710 g/mol. The molecule has 0 radical (unpaired) electrons. The summed E-state index contributed by atoms with van der Waals surface area (Å²) in [4.78, 5) is 44.6. The van der Waals surface area contributed by atoms with Crippen LogP contribution in [0, 0.1) is 19.7 Å². The number of nitrogens with zero attached hydrogens (tertiary/aromatic N) is 7. The Morgan fingerprint density at radius 1 is 0.942 bits per heavy atom. The first-order chi connectivity index (χ1) is 24.8. The lowest BCUT2D eigenvalue weighted by molar-refractivity contribution is 0.0238. The summed E-state index contributed by atoms with van der Waals surface area (Å²) in [5.41, 5.74) is 5.44. The second kappa shape index (κ2) is 14.5. The van der Waals surface area contributed by atoms with Crippen LogP contribution in [-0.2, 0) is 17.8 Å². The summed E-state index contributed by atoms with van der Waals surface area (Å²) < 4.78 is 23.9. The predicted octanol–water partition coefficient (Wildman–Crippen LogP) is 7.00. The number of rotatable bonds is 9. The third-order valence-electron chi connectivity index (χ3n) is 10.7. The first kappa shape index (κ1) is 35.9. The van der Waals surface area contributed by atoms with Gasteiger partial charge in [-0.25, -0.2) is 9.18 Å². The lowest BCUT2D eigenvalue weighted by atomic mass is 10.0. The number of hydrogen-bond acceptors (Lipinski definition) is 8. The van der Waals surface area contributed by atoms with Crippen LogP contribution in [0.1, 0.15) is 81.4 Å². The molecule has 0 bridgehead atoms. The number of carbonyl (C=O) groups is 1. The van der Waals surface area contributed by atoms with E-state index >= 15 is 4.39 Å². The fourth-order valence-corrected chi connectivity index (χ4v) is 7.79. The molecule has 7 rings (SSSR count). The third kappa shape index (κ3) is 7.94. The van der Waals surface area contributed by atoms with E-state index in [4.69, 9.17) is 4.74 Å². The van der Waals surface area contributed by atoms with Gasteiger partial charge in [-0.05, 0) is 109 Å². The molecular formula is C41H52FN7O3. The molecule has 52 heavy (non-hydrogen) atoms. The van der Waals surface area contributed by atoms with Crippen LogP contribution in [0.25, 0.3) is 10.9 Å². The van der Waals surface area contributed by atoms with Crippen LogP contribution in [0.5, 0.6) is 0 Å². The van der Waals surface area contributed by atoms with E-state index in [1.165, 1.54) is 6.07 Å². The van der Waals surface area contributed by atoms with Gasteiger partial charge in [-0.2, -0.15) is 0 Å². The van der Waals surface area contributed by atoms with Crippen molar-refractivity contribution in [3.63, 3.8) is 0 Å². The quantitative estimate of drug-likeness (QED) is 0.184. The summed E-state index contributed by atoms with van der Waals surface area (Å²) in [5.74, 6) is -0.414. The van der Waals surface area contributed by atoms with Crippen LogP contribution >= 0.6 is 0 Å². The third-order valence-corrected chi connectivity index (χ3v) is 10.7. The molecule has 11 heteroatoms. The molecule has 1 aromatic carbocycles. The van der Waals surface area contributed by atoms with Crippen LogP contribution in [0.2, 0.25) is 0 Å². The van der Waals surface area contributed by atoms with Crippen molar-refractivity contribution in [1.29, 1.82) is 0 Å². The van der Waals surface area contributed by atoms with Crippen molar-refractivity contribution in [1.82, 2.24) is 24.3 Å². The van der Waals surface area contributed by atoms with Crippen molar-refractivity contribution < 1.29 is 13.9 Å². The second-order valence-corrected chi connectivity index (χ2v) is 16.0. The van der Waals surface area contributed by atoms with Crippen LogP contribution in [0.4, 0.5) is 20.6 Å². The molecule has 1 aliphatic carbocycles. The first-order valence-electron chi connectivity index (χ1n) is 18.7. The number of pyridine rings is 3. The van der Waals surface area contributed by atoms with Crippen LogP contribution < -0.4 is 15.2 Å². The Kier molecular flexibility index (Phi) is 9.99. The number of hydrogen-bond donors (Lipinski definition) is 0. The summed E-state index contributed by atoms with van der Waals surface area (Å²) in [6, 6.07) is 12.0. The number of amides is 1. The maximum absolute atomic E-state index is 16.1. The van der Waals surface area contributed by atoms with Gasteiger partial charge in [0.05, 0.1) is 29.1 Å². The monoisotopic (exact) mass is 709 g/mol. The SMILES string of the molecule is Cc1ccc(N2CCC[C@H](N(Cc3ccnc(C)c3)Cc3cn(C4CC4)c4cc(N5CC[C@@H](N(C)C(=O)OC(C)(C)C)C5)c(F)cc4c3=O)C2)cn1. The molecule has 10 nitrogen and oxygen atoms in total. The van der Waals surface area contributed by atoms with Gasteiger partial charge >= 0.3 is 6.09 Å². The molecule has 0 N–H and O–H groups in total. The van der Waals surface area contributed by atoms with Gasteiger partial charge in [0.2, 0.25) is 0 Å². The zero-order valence-corrected chi connectivity index (χ0v) is 31.4. The standard InChI is InChI=1S/C41H52FN7O3/c1-27-9-10-32(21-44-27)46-16-7-8-34(26-46)48(22-29-13-15-43-28(2)18-29)23-30-24-49(31-11-12-31)37-20-38(36(42)19-35(37)39(30)50)47-17-14-33(25-47)45(6)40(51)52-41(3,4)5/h9-10,13,15,18-21,24,31,33-34H,7-8,11-12,14,16-17,22-23,25-26H2,1-6H3/t33-,34+/m1/s1. The number of carbonyl (C=O) groups excluding carboxylic acids is 1. The number of likely N-dealkylation sites (N-methyl/N-ethyl adjacent to an activating group) is 1. The van der Waals surface area contributed by atoms with Crippen molar-refractivity contribution in [2.24, 2.45) is 0 Å². The van der Waals surface area contributed by atoms with Crippen molar-refractivity contribution in [3.8, 4) is 0 Å². The zero-order valence-electron chi connectivity index (χ0n) is 31.4. The Hall–Kier alpha value is -4.51. The van der Waals surface area contributed by atoms with Crippen LogP contribution in [-0.4, -0.2) is 81.3 Å². The lowest BCUT2D eigenvalue weighted by Crippen LogP contribution is -2.48. The van der Waals surface area contributed by atoms with E-state index in [1.54, 1.807) is 11.9 Å². The normalized spacial score (nSPS) is 19.5. The van der Waals surface area contributed by atoms with E-state index < -0.39 is 11.4 Å². The maximum atomic E-state index is 16.1. The van der Waals surface area contributed by atoms with Crippen molar-refractivity contribution in [2.75, 3.05) is 43.0 Å². The smallest absolute Gasteiger partial charge is 0.410 e. The van der Waals surface area contributed by atoms with Crippen LogP contribution in [0.15, 0.2) is 59.8 Å². The first-order valence-corrected chi connectivity index (χ1v) is 18.7. The van der Waals surface area contributed by atoms with E-state index in [9.17, 15) is 9.59 Å². The van der Waals surface area contributed by atoms with E-state index in [0.717, 1.165) is 66.9 Å². The van der Waals surface area contributed by atoms with Crippen molar-refractivity contribution in [2.45, 2.75) is 104 Å². The predicted molar refractivity (Wildman–Crippen MR) is 203 cm³/mol. The highest BCUT2D eigenvalue weighted by Crippen LogP contribution is 2.39. The fraction of sp³-hybridized carbons (Fsp3) is 0.512. The van der Waals surface area contributed by atoms with Crippen LogP contribution in [0.3, 0.4) is 0 Å². The number of benzene rings is 1. The Morgan fingerprint density at radius 3 is 2.44 bits per heavy atom. The molecule has 0 unspecified atom stereocenters. The molecule has 3 aliphatic rings. The van der Waals surface area contributed by atoms with Gasteiger partial charge in [0, 0.05) is 93.1 Å². The highest BCUT2D eigenvalue weighted by atomic mass is 19.1. The zero-order chi connectivity index (χ0) is 36.7. The van der Waals surface area contributed by atoms with Gasteiger partial charge in [-0.1, -0.05) is 0 Å².